The van der Waals surface area contributed by atoms with Crippen LogP contribution < -0.4 is 10.0 Å². The first kappa shape index (κ1) is 18.5. The maximum absolute atomic E-state index is 13.2. The van der Waals surface area contributed by atoms with Crippen LogP contribution in [0.15, 0.2) is 66.3 Å². The van der Waals surface area contributed by atoms with Gasteiger partial charge in [-0.3, -0.25) is 4.79 Å². The van der Waals surface area contributed by atoms with Crippen molar-refractivity contribution in [1.82, 2.24) is 5.32 Å². The van der Waals surface area contributed by atoms with Gasteiger partial charge >= 0.3 is 5.97 Å². The van der Waals surface area contributed by atoms with Gasteiger partial charge in [-0.1, -0.05) is 18.2 Å². The molecule has 0 unspecified atom stereocenters. The standard InChI is InChI=1S/C19H15FN2O4S/c20-15-5-3-13(4-6-15)18(16-2-1-11-27-16)21-17(23)12-26-19(24)14-7-9-22(25)10-8-14/h1-11,18H,12H2,(H,21,23)/t18-/m1/s1. The summed E-state index contributed by atoms with van der Waals surface area (Å²) in [6.07, 6.45) is 2.33. The molecule has 0 fully saturated rings. The zero-order valence-electron chi connectivity index (χ0n) is 14.0. The summed E-state index contributed by atoms with van der Waals surface area (Å²) in [5.74, 6) is -1.58. The van der Waals surface area contributed by atoms with Crippen LogP contribution in [0, 0.1) is 11.0 Å². The minimum atomic E-state index is -0.708. The second-order valence-electron chi connectivity index (χ2n) is 5.59. The number of amides is 1. The summed E-state index contributed by atoms with van der Waals surface area (Å²) in [7, 11) is 0. The fourth-order valence-corrected chi connectivity index (χ4v) is 3.20. The normalized spacial score (nSPS) is 11.6. The quantitative estimate of drug-likeness (QED) is 0.401. The Kier molecular flexibility index (Phi) is 5.77. The molecule has 0 spiro atoms. The Labute approximate surface area is 158 Å². The van der Waals surface area contributed by atoms with Gasteiger partial charge < -0.3 is 15.3 Å². The Hall–Kier alpha value is -3.26. The van der Waals surface area contributed by atoms with Crippen molar-refractivity contribution >= 4 is 23.2 Å². The first-order valence-electron chi connectivity index (χ1n) is 7.97. The van der Waals surface area contributed by atoms with E-state index in [0.717, 1.165) is 17.3 Å². The number of rotatable bonds is 6. The molecular weight excluding hydrogens is 371 g/mol. The molecule has 0 radical (unpaired) electrons. The van der Waals surface area contributed by atoms with Gasteiger partial charge in [-0.2, -0.15) is 4.73 Å². The zero-order chi connectivity index (χ0) is 19.2. The molecule has 0 aliphatic rings. The second-order valence-corrected chi connectivity index (χ2v) is 6.57. The van der Waals surface area contributed by atoms with Crippen LogP contribution in [0.3, 0.4) is 0 Å². The third-order valence-electron chi connectivity index (χ3n) is 3.71. The molecule has 0 bridgehead atoms. The molecule has 1 N–H and O–H groups in total. The molecule has 2 heterocycles. The Morgan fingerprint density at radius 2 is 1.85 bits per heavy atom. The number of hydrogen-bond acceptors (Lipinski definition) is 5. The van der Waals surface area contributed by atoms with E-state index >= 15 is 0 Å². The van der Waals surface area contributed by atoms with Crippen molar-refractivity contribution in [2.45, 2.75) is 6.04 Å². The number of esters is 1. The number of nitrogens with one attached hydrogen (secondary N) is 1. The number of aromatic nitrogens is 1. The van der Waals surface area contributed by atoms with Gasteiger partial charge in [-0.05, 0) is 29.1 Å². The highest BCUT2D eigenvalue weighted by molar-refractivity contribution is 7.10. The van der Waals surface area contributed by atoms with Crippen LogP contribution in [0.25, 0.3) is 0 Å². The maximum Gasteiger partial charge on any atom is 0.339 e. The predicted molar refractivity (Wildman–Crippen MR) is 96.4 cm³/mol. The average molecular weight is 386 g/mol. The molecule has 27 heavy (non-hydrogen) atoms. The fraction of sp³-hybridized carbons (Fsp3) is 0.105. The number of hydrogen-bond donors (Lipinski definition) is 1. The van der Waals surface area contributed by atoms with Crippen molar-refractivity contribution in [1.29, 1.82) is 0 Å². The highest BCUT2D eigenvalue weighted by Crippen LogP contribution is 2.26. The molecule has 3 aromatic rings. The molecule has 0 saturated heterocycles. The number of nitrogens with zero attached hydrogens (tertiary/aromatic N) is 1. The summed E-state index contributed by atoms with van der Waals surface area (Å²) in [5.41, 5.74) is 0.879. The fourth-order valence-electron chi connectivity index (χ4n) is 2.40. The number of halogens is 1. The summed E-state index contributed by atoms with van der Waals surface area (Å²) in [5, 5.41) is 15.6. The summed E-state index contributed by atoms with van der Waals surface area (Å²) in [6, 6.07) is 11.7. The summed E-state index contributed by atoms with van der Waals surface area (Å²) in [6.45, 7) is -0.478. The summed E-state index contributed by atoms with van der Waals surface area (Å²) in [4.78, 5) is 25.1. The van der Waals surface area contributed by atoms with Gasteiger partial charge in [0.2, 0.25) is 0 Å². The van der Waals surface area contributed by atoms with Crippen LogP contribution in [0.1, 0.15) is 26.8 Å². The molecule has 1 atom stereocenters. The Bertz CT molecular complexity index is 912. The van der Waals surface area contributed by atoms with E-state index in [1.54, 1.807) is 12.1 Å². The number of thiophene rings is 1. The number of pyridine rings is 1. The van der Waals surface area contributed by atoms with E-state index in [2.05, 4.69) is 5.32 Å². The van der Waals surface area contributed by atoms with Crippen molar-refractivity contribution in [3.63, 3.8) is 0 Å². The highest BCUT2D eigenvalue weighted by Gasteiger charge is 2.19. The number of ether oxygens (including phenoxy) is 1. The minimum absolute atomic E-state index is 0.170. The Morgan fingerprint density at radius 1 is 1.15 bits per heavy atom. The van der Waals surface area contributed by atoms with Gasteiger partial charge in [-0.15, -0.1) is 11.3 Å². The first-order valence-corrected chi connectivity index (χ1v) is 8.85. The van der Waals surface area contributed by atoms with E-state index in [-0.39, 0.29) is 11.4 Å². The van der Waals surface area contributed by atoms with E-state index in [4.69, 9.17) is 4.74 Å². The van der Waals surface area contributed by atoms with Crippen LogP contribution in [-0.2, 0) is 9.53 Å². The first-order chi connectivity index (χ1) is 13.0. The minimum Gasteiger partial charge on any atom is -0.619 e. The van der Waals surface area contributed by atoms with E-state index < -0.39 is 24.5 Å². The van der Waals surface area contributed by atoms with Crippen molar-refractivity contribution in [3.05, 3.63) is 93.3 Å². The van der Waals surface area contributed by atoms with E-state index in [1.807, 2.05) is 17.5 Å². The smallest absolute Gasteiger partial charge is 0.339 e. The third-order valence-corrected chi connectivity index (χ3v) is 4.65. The second kappa shape index (κ2) is 8.41. The lowest BCUT2D eigenvalue weighted by atomic mass is 10.1. The Balaban J connectivity index is 1.65. The molecule has 1 aromatic carbocycles. The van der Waals surface area contributed by atoms with Crippen LogP contribution in [0.4, 0.5) is 4.39 Å². The maximum atomic E-state index is 13.2. The van der Waals surface area contributed by atoms with E-state index in [0.29, 0.717) is 10.3 Å². The van der Waals surface area contributed by atoms with Crippen molar-refractivity contribution in [2.75, 3.05) is 6.61 Å². The summed E-state index contributed by atoms with van der Waals surface area (Å²) < 4.78 is 18.7. The monoisotopic (exact) mass is 386 g/mol. The van der Waals surface area contributed by atoms with Crippen LogP contribution in [0.2, 0.25) is 0 Å². The van der Waals surface area contributed by atoms with Crippen LogP contribution in [0.5, 0.6) is 0 Å². The molecule has 2 aromatic heterocycles. The molecule has 138 valence electrons. The van der Waals surface area contributed by atoms with Crippen molar-refractivity contribution < 1.29 is 23.4 Å². The number of carbonyl (C=O) groups is 2. The van der Waals surface area contributed by atoms with Crippen LogP contribution in [-0.4, -0.2) is 18.5 Å². The van der Waals surface area contributed by atoms with Crippen molar-refractivity contribution in [2.24, 2.45) is 0 Å². The van der Waals surface area contributed by atoms with Gasteiger partial charge in [0, 0.05) is 17.0 Å². The average Bonchev–Trinajstić information content (AvgIpc) is 3.20. The van der Waals surface area contributed by atoms with Gasteiger partial charge in [0.25, 0.3) is 5.91 Å². The lowest BCUT2D eigenvalue weighted by Gasteiger charge is -2.18. The van der Waals surface area contributed by atoms with Crippen molar-refractivity contribution in [3.8, 4) is 0 Å². The molecular formula is C19H15FN2O4S. The van der Waals surface area contributed by atoms with Gasteiger partial charge in [0.05, 0.1) is 11.6 Å². The number of benzene rings is 1. The predicted octanol–water partition coefficient (Wildman–Crippen LogP) is 2.58. The van der Waals surface area contributed by atoms with Gasteiger partial charge in [-0.25, -0.2) is 9.18 Å². The lowest BCUT2D eigenvalue weighted by Crippen LogP contribution is -2.33. The molecule has 3 rings (SSSR count). The van der Waals surface area contributed by atoms with Gasteiger partial charge in [0.15, 0.2) is 19.0 Å². The summed E-state index contributed by atoms with van der Waals surface area (Å²) >= 11 is 1.45. The number of carbonyl (C=O) groups excluding carboxylic acids is 2. The molecule has 8 heteroatoms. The van der Waals surface area contributed by atoms with E-state index in [1.165, 1.54) is 35.6 Å². The third kappa shape index (κ3) is 4.89. The van der Waals surface area contributed by atoms with E-state index in [9.17, 15) is 19.2 Å². The molecule has 1 amide bonds. The zero-order valence-corrected chi connectivity index (χ0v) is 14.8. The van der Waals surface area contributed by atoms with Gasteiger partial charge in [0.1, 0.15) is 5.82 Å². The molecule has 6 nitrogen and oxygen atoms in total. The topological polar surface area (TPSA) is 82.3 Å². The molecule has 0 aliphatic heterocycles. The molecule has 0 saturated carbocycles. The highest BCUT2D eigenvalue weighted by atomic mass is 32.1. The molecule has 0 aliphatic carbocycles. The Morgan fingerprint density at radius 3 is 2.48 bits per heavy atom. The largest absolute Gasteiger partial charge is 0.619 e. The SMILES string of the molecule is O=C(COC(=O)c1cc[n+]([O-])cc1)N[C@H](c1ccc(F)cc1)c1cccs1. The lowest BCUT2D eigenvalue weighted by molar-refractivity contribution is -0.605. The van der Waals surface area contributed by atoms with Crippen LogP contribution >= 0.6 is 11.3 Å².